The van der Waals surface area contributed by atoms with E-state index < -0.39 is 0 Å². The maximum Gasteiger partial charge on any atom is 0.243 e. The van der Waals surface area contributed by atoms with Gasteiger partial charge in [-0.15, -0.1) is 11.8 Å². The Hall–Kier alpha value is -0.750. The Balaban J connectivity index is 1.82. The topological polar surface area (TPSA) is 61.4 Å². The lowest BCUT2D eigenvalue weighted by atomic mass is 10.0. The van der Waals surface area contributed by atoms with Crippen LogP contribution < -0.4 is 10.6 Å². The Labute approximate surface area is 106 Å². The second kappa shape index (κ2) is 5.73. The van der Waals surface area contributed by atoms with Gasteiger partial charge < -0.3 is 15.5 Å². The number of thioether (sulfide) groups is 1. The molecule has 2 rings (SSSR count). The van der Waals surface area contributed by atoms with Crippen LogP contribution in [-0.2, 0) is 9.59 Å². The van der Waals surface area contributed by atoms with Crippen LogP contribution in [0.5, 0.6) is 0 Å². The van der Waals surface area contributed by atoms with Crippen molar-refractivity contribution in [3.05, 3.63) is 0 Å². The lowest BCUT2D eigenvalue weighted by molar-refractivity contribution is -0.137. The highest BCUT2D eigenvalue weighted by molar-refractivity contribution is 7.99. The lowest BCUT2D eigenvalue weighted by Gasteiger charge is -2.28. The highest BCUT2D eigenvalue weighted by Gasteiger charge is 2.34. The van der Waals surface area contributed by atoms with Crippen LogP contribution in [-0.4, -0.2) is 54.0 Å². The molecule has 96 valence electrons. The minimum Gasteiger partial charge on any atom is -0.354 e. The van der Waals surface area contributed by atoms with Crippen molar-refractivity contribution in [1.29, 1.82) is 0 Å². The Morgan fingerprint density at radius 2 is 2.24 bits per heavy atom. The van der Waals surface area contributed by atoms with Crippen LogP contribution in [0.25, 0.3) is 0 Å². The van der Waals surface area contributed by atoms with Gasteiger partial charge in [-0.1, -0.05) is 6.92 Å². The summed E-state index contributed by atoms with van der Waals surface area (Å²) in [6, 6.07) is -0.263. The number of amides is 2. The zero-order chi connectivity index (χ0) is 12.3. The zero-order valence-electron chi connectivity index (χ0n) is 10.1. The van der Waals surface area contributed by atoms with E-state index in [4.69, 9.17) is 0 Å². The number of carbonyl (C=O) groups is 2. The summed E-state index contributed by atoms with van der Waals surface area (Å²) in [6.07, 6.45) is 0.469. The summed E-state index contributed by atoms with van der Waals surface area (Å²) in [4.78, 5) is 25.3. The van der Waals surface area contributed by atoms with Crippen molar-refractivity contribution in [2.45, 2.75) is 19.4 Å². The molecule has 2 heterocycles. The number of hydrogen-bond acceptors (Lipinski definition) is 4. The van der Waals surface area contributed by atoms with E-state index in [0.717, 1.165) is 25.4 Å². The molecule has 1 atom stereocenters. The third-order valence-corrected chi connectivity index (χ3v) is 4.25. The van der Waals surface area contributed by atoms with Crippen LogP contribution in [0.2, 0.25) is 0 Å². The van der Waals surface area contributed by atoms with Gasteiger partial charge in [-0.05, 0) is 0 Å². The molecular weight excluding hydrogens is 238 g/mol. The van der Waals surface area contributed by atoms with Crippen LogP contribution in [0.1, 0.15) is 13.3 Å². The summed E-state index contributed by atoms with van der Waals surface area (Å²) in [7, 11) is 0. The summed E-state index contributed by atoms with van der Waals surface area (Å²) < 4.78 is 0. The summed E-state index contributed by atoms with van der Waals surface area (Å²) in [6.45, 7) is 4.52. The van der Waals surface area contributed by atoms with E-state index in [1.807, 2.05) is 6.92 Å². The van der Waals surface area contributed by atoms with Gasteiger partial charge in [-0.2, -0.15) is 0 Å². The van der Waals surface area contributed by atoms with Gasteiger partial charge in [0, 0.05) is 37.7 Å². The maximum absolute atomic E-state index is 12.0. The normalized spacial score (nSPS) is 24.5. The van der Waals surface area contributed by atoms with E-state index in [1.165, 1.54) is 0 Å². The first kappa shape index (κ1) is 12.7. The van der Waals surface area contributed by atoms with Crippen LogP contribution in [0, 0.1) is 5.92 Å². The van der Waals surface area contributed by atoms with E-state index in [-0.39, 0.29) is 17.9 Å². The molecule has 6 heteroatoms. The van der Waals surface area contributed by atoms with E-state index in [9.17, 15) is 9.59 Å². The Morgan fingerprint density at radius 1 is 1.47 bits per heavy atom. The second-order valence-electron chi connectivity index (χ2n) is 4.50. The van der Waals surface area contributed by atoms with Crippen molar-refractivity contribution >= 4 is 23.6 Å². The van der Waals surface area contributed by atoms with Crippen molar-refractivity contribution in [3.8, 4) is 0 Å². The smallest absolute Gasteiger partial charge is 0.243 e. The van der Waals surface area contributed by atoms with Gasteiger partial charge in [0.15, 0.2) is 0 Å². The Kier molecular flexibility index (Phi) is 4.28. The fourth-order valence-electron chi connectivity index (χ4n) is 1.96. The first-order valence-corrected chi connectivity index (χ1v) is 7.23. The summed E-state index contributed by atoms with van der Waals surface area (Å²) >= 11 is 1.65. The molecule has 0 bridgehead atoms. The Bertz CT molecular complexity index is 307. The molecule has 0 radical (unpaired) electrons. The first-order chi connectivity index (χ1) is 8.22. The molecule has 5 nitrogen and oxygen atoms in total. The van der Waals surface area contributed by atoms with Crippen LogP contribution in [0.15, 0.2) is 0 Å². The fourth-order valence-corrected chi connectivity index (χ4v) is 3.14. The molecule has 2 aliphatic heterocycles. The fraction of sp³-hybridized carbons (Fsp3) is 0.818. The molecule has 0 aromatic heterocycles. The molecule has 2 amide bonds. The molecule has 17 heavy (non-hydrogen) atoms. The molecule has 0 aromatic carbocycles. The predicted molar refractivity (Wildman–Crippen MR) is 67.6 cm³/mol. The maximum atomic E-state index is 12.0. The molecule has 0 aromatic rings. The predicted octanol–water partition coefficient (Wildman–Crippen LogP) is -0.366. The van der Waals surface area contributed by atoms with E-state index in [0.29, 0.717) is 18.2 Å². The van der Waals surface area contributed by atoms with Crippen LogP contribution in [0.4, 0.5) is 0 Å². The quantitative estimate of drug-likeness (QED) is 0.721. The SMILES string of the molecule is CCC(=O)N1CSCC1C(=O)NCC1CNC1. The molecule has 0 saturated carbocycles. The molecule has 2 saturated heterocycles. The van der Waals surface area contributed by atoms with Crippen molar-refractivity contribution < 1.29 is 9.59 Å². The van der Waals surface area contributed by atoms with Crippen molar-refractivity contribution in [2.24, 2.45) is 5.92 Å². The number of nitrogens with one attached hydrogen (secondary N) is 2. The van der Waals surface area contributed by atoms with Gasteiger partial charge in [-0.3, -0.25) is 9.59 Å². The van der Waals surface area contributed by atoms with Crippen molar-refractivity contribution in [2.75, 3.05) is 31.3 Å². The third kappa shape index (κ3) is 2.93. The third-order valence-electron chi connectivity index (χ3n) is 3.24. The van der Waals surface area contributed by atoms with Crippen molar-refractivity contribution in [3.63, 3.8) is 0 Å². The standard InChI is InChI=1S/C11H19N3O2S/c1-2-10(15)14-7-17-6-9(14)11(16)13-5-8-3-12-4-8/h8-9,12H,2-7H2,1H3,(H,13,16). The van der Waals surface area contributed by atoms with E-state index >= 15 is 0 Å². The molecule has 1 unspecified atom stereocenters. The summed E-state index contributed by atoms with van der Waals surface area (Å²) in [5.41, 5.74) is 0. The average molecular weight is 257 g/mol. The van der Waals surface area contributed by atoms with E-state index in [2.05, 4.69) is 10.6 Å². The van der Waals surface area contributed by atoms with Crippen molar-refractivity contribution in [1.82, 2.24) is 15.5 Å². The number of hydrogen-bond donors (Lipinski definition) is 2. The lowest BCUT2D eigenvalue weighted by Crippen LogP contribution is -2.52. The number of nitrogens with zero attached hydrogens (tertiary/aromatic N) is 1. The van der Waals surface area contributed by atoms with Gasteiger partial charge in [0.2, 0.25) is 11.8 Å². The van der Waals surface area contributed by atoms with Gasteiger partial charge in [0.1, 0.15) is 6.04 Å². The van der Waals surface area contributed by atoms with Gasteiger partial charge in [0.05, 0.1) is 5.88 Å². The number of carbonyl (C=O) groups excluding carboxylic acids is 2. The molecule has 0 aliphatic carbocycles. The number of rotatable bonds is 4. The largest absolute Gasteiger partial charge is 0.354 e. The van der Waals surface area contributed by atoms with Crippen LogP contribution >= 0.6 is 11.8 Å². The monoisotopic (exact) mass is 257 g/mol. The average Bonchev–Trinajstić information content (AvgIpc) is 2.74. The molecule has 2 N–H and O–H groups in total. The van der Waals surface area contributed by atoms with Gasteiger partial charge in [0.25, 0.3) is 0 Å². The highest BCUT2D eigenvalue weighted by Crippen LogP contribution is 2.21. The minimum atomic E-state index is -0.263. The van der Waals surface area contributed by atoms with Gasteiger partial charge in [-0.25, -0.2) is 0 Å². The van der Waals surface area contributed by atoms with Gasteiger partial charge >= 0.3 is 0 Å². The Morgan fingerprint density at radius 3 is 2.82 bits per heavy atom. The summed E-state index contributed by atoms with van der Waals surface area (Å²) in [5, 5.41) is 6.12. The molecule has 2 aliphatic rings. The summed E-state index contributed by atoms with van der Waals surface area (Å²) in [5.74, 6) is 2.00. The highest BCUT2D eigenvalue weighted by atomic mass is 32.2. The van der Waals surface area contributed by atoms with Crippen LogP contribution in [0.3, 0.4) is 0 Å². The zero-order valence-corrected chi connectivity index (χ0v) is 10.9. The first-order valence-electron chi connectivity index (χ1n) is 6.08. The molecular formula is C11H19N3O2S. The molecule has 0 spiro atoms. The van der Waals surface area contributed by atoms with E-state index in [1.54, 1.807) is 16.7 Å². The minimum absolute atomic E-state index is 0.00343. The second-order valence-corrected chi connectivity index (χ2v) is 5.50. The molecule has 2 fully saturated rings.